The van der Waals surface area contributed by atoms with Crippen LogP contribution in [-0.2, 0) is 9.53 Å². The molecule has 1 amide bonds. The summed E-state index contributed by atoms with van der Waals surface area (Å²) in [4.78, 5) is 29.1. The van der Waals surface area contributed by atoms with E-state index in [1.165, 1.54) is 0 Å². The molecule has 2 aromatic carbocycles. The number of Topliss-reactive ketones (excluding diaryl/α,β-unsaturated/α-hetero) is 1. The number of morpholine rings is 2. The maximum Gasteiger partial charge on any atom is 0.262 e. The highest BCUT2D eigenvalue weighted by Crippen LogP contribution is 2.29. The van der Waals surface area contributed by atoms with E-state index in [0.717, 1.165) is 31.8 Å². The number of ketones is 1. The van der Waals surface area contributed by atoms with Crippen molar-refractivity contribution in [3.63, 3.8) is 0 Å². The number of nitrogens with one attached hydrogen (secondary N) is 1. The SMILES string of the molecule is N#Cc1ccc(OCCCN2CC3CN(CC(=O)c4ccc5c(c4)NC(=O)CO5)CC(C2)O3)cc1. The molecule has 2 atom stereocenters. The van der Waals surface area contributed by atoms with Gasteiger partial charge < -0.3 is 19.5 Å². The molecule has 2 unspecified atom stereocenters. The Balaban J connectivity index is 1.07. The van der Waals surface area contributed by atoms with E-state index in [-0.39, 0.29) is 30.5 Å². The number of ether oxygens (including phenoxy) is 3. The lowest BCUT2D eigenvalue weighted by molar-refractivity contribution is -0.136. The Bertz CT molecular complexity index is 1120. The molecule has 2 saturated heterocycles. The van der Waals surface area contributed by atoms with Crippen LogP contribution in [-0.4, -0.2) is 86.2 Å². The van der Waals surface area contributed by atoms with Crippen LogP contribution in [0.5, 0.6) is 11.5 Å². The van der Waals surface area contributed by atoms with Crippen LogP contribution in [0.3, 0.4) is 0 Å². The van der Waals surface area contributed by atoms with Crippen molar-refractivity contribution in [3.05, 3.63) is 53.6 Å². The third-order valence-corrected chi connectivity index (χ3v) is 6.40. The van der Waals surface area contributed by atoms with Crippen molar-refractivity contribution >= 4 is 17.4 Å². The molecule has 35 heavy (non-hydrogen) atoms. The lowest BCUT2D eigenvalue weighted by Gasteiger charge is -2.45. The summed E-state index contributed by atoms with van der Waals surface area (Å²) in [7, 11) is 0. The number of carbonyl (C=O) groups excluding carboxylic acids is 2. The first-order chi connectivity index (χ1) is 17.1. The van der Waals surface area contributed by atoms with Gasteiger partial charge in [-0.25, -0.2) is 0 Å². The Labute approximate surface area is 204 Å². The number of hydrogen-bond donors (Lipinski definition) is 1. The van der Waals surface area contributed by atoms with Crippen molar-refractivity contribution in [2.75, 3.05) is 57.8 Å². The molecule has 0 radical (unpaired) electrons. The summed E-state index contributed by atoms with van der Waals surface area (Å²) in [6.45, 7) is 4.96. The number of fused-ring (bicyclic) bond motifs is 3. The normalized spacial score (nSPS) is 21.9. The van der Waals surface area contributed by atoms with Gasteiger partial charge in [0.1, 0.15) is 11.5 Å². The van der Waals surface area contributed by atoms with Crippen LogP contribution in [0, 0.1) is 11.3 Å². The second-order valence-corrected chi connectivity index (χ2v) is 9.14. The van der Waals surface area contributed by atoms with E-state index in [1.54, 1.807) is 30.3 Å². The maximum absolute atomic E-state index is 12.9. The van der Waals surface area contributed by atoms with E-state index in [1.807, 2.05) is 12.1 Å². The predicted molar refractivity (Wildman–Crippen MR) is 128 cm³/mol. The highest BCUT2D eigenvalue weighted by molar-refractivity contribution is 6.01. The van der Waals surface area contributed by atoms with Crippen LogP contribution in [0.15, 0.2) is 42.5 Å². The van der Waals surface area contributed by atoms with Crippen LogP contribution in [0.25, 0.3) is 0 Å². The fourth-order valence-corrected chi connectivity index (χ4v) is 4.83. The lowest BCUT2D eigenvalue weighted by Crippen LogP contribution is -2.60. The van der Waals surface area contributed by atoms with Gasteiger partial charge in [0.2, 0.25) is 0 Å². The molecular formula is C26H28N4O5. The molecule has 3 heterocycles. The maximum atomic E-state index is 12.9. The minimum absolute atomic E-state index is 0.00196. The molecule has 0 aliphatic carbocycles. The van der Waals surface area contributed by atoms with E-state index in [0.29, 0.717) is 48.8 Å². The van der Waals surface area contributed by atoms with Crippen LogP contribution in [0.2, 0.25) is 0 Å². The third kappa shape index (κ3) is 5.80. The van der Waals surface area contributed by atoms with Gasteiger partial charge in [-0.1, -0.05) is 0 Å². The van der Waals surface area contributed by atoms with Gasteiger partial charge in [0.15, 0.2) is 12.4 Å². The first-order valence-electron chi connectivity index (χ1n) is 11.9. The third-order valence-electron chi connectivity index (χ3n) is 6.40. The monoisotopic (exact) mass is 476 g/mol. The summed E-state index contributed by atoms with van der Waals surface area (Å²) < 4.78 is 17.3. The topological polar surface area (TPSA) is 104 Å². The summed E-state index contributed by atoms with van der Waals surface area (Å²) in [5.74, 6) is 1.17. The zero-order valence-corrected chi connectivity index (χ0v) is 19.4. The standard InChI is InChI=1S/C26H28N4O5/c27-11-18-2-5-20(6-3-18)33-9-1-8-29-12-21-14-30(15-22(13-29)35-21)16-24(31)19-4-7-25-23(10-19)28-26(32)17-34-25/h2-7,10,21-22H,1,8-9,12-17H2,(H,28,32). The Morgan fingerprint density at radius 2 is 1.83 bits per heavy atom. The van der Waals surface area contributed by atoms with Crippen molar-refractivity contribution in [2.45, 2.75) is 18.6 Å². The quantitative estimate of drug-likeness (QED) is 0.455. The number of benzene rings is 2. The van der Waals surface area contributed by atoms with Gasteiger partial charge >= 0.3 is 0 Å². The summed E-state index contributed by atoms with van der Waals surface area (Å²) in [6.07, 6.45) is 1.05. The average Bonchev–Trinajstić information content (AvgIpc) is 2.86. The molecule has 1 N–H and O–H groups in total. The molecule has 5 rings (SSSR count). The number of nitriles is 1. The van der Waals surface area contributed by atoms with Crippen molar-refractivity contribution in [1.82, 2.24) is 9.80 Å². The van der Waals surface area contributed by atoms with Gasteiger partial charge in [0.25, 0.3) is 5.91 Å². The average molecular weight is 477 g/mol. The van der Waals surface area contributed by atoms with E-state index in [4.69, 9.17) is 19.5 Å². The molecule has 2 bridgehead atoms. The number of amides is 1. The molecule has 2 aromatic rings. The molecule has 0 saturated carbocycles. The van der Waals surface area contributed by atoms with Gasteiger partial charge in [-0.3, -0.25) is 19.4 Å². The molecule has 0 aromatic heterocycles. The van der Waals surface area contributed by atoms with Crippen LogP contribution < -0.4 is 14.8 Å². The highest BCUT2D eigenvalue weighted by Gasteiger charge is 2.35. The zero-order chi connectivity index (χ0) is 24.2. The number of hydrogen-bond acceptors (Lipinski definition) is 8. The Morgan fingerprint density at radius 3 is 2.57 bits per heavy atom. The smallest absolute Gasteiger partial charge is 0.262 e. The van der Waals surface area contributed by atoms with Crippen molar-refractivity contribution in [2.24, 2.45) is 0 Å². The van der Waals surface area contributed by atoms with Gasteiger partial charge in [0.05, 0.1) is 42.7 Å². The summed E-state index contributed by atoms with van der Waals surface area (Å²) in [5.41, 5.74) is 1.73. The van der Waals surface area contributed by atoms with Crippen LogP contribution >= 0.6 is 0 Å². The minimum Gasteiger partial charge on any atom is -0.494 e. The first kappa shape index (κ1) is 23.3. The Kier molecular flexibility index (Phi) is 6.95. The first-order valence-corrected chi connectivity index (χ1v) is 11.9. The summed E-state index contributed by atoms with van der Waals surface area (Å²) in [6, 6.07) is 14.4. The number of rotatable bonds is 8. The predicted octanol–water partition coefficient (Wildman–Crippen LogP) is 1.93. The lowest BCUT2D eigenvalue weighted by atomic mass is 10.1. The molecule has 2 fully saturated rings. The molecule has 3 aliphatic rings. The molecule has 182 valence electrons. The number of nitrogens with zero attached hydrogens (tertiary/aromatic N) is 3. The van der Waals surface area contributed by atoms with E-state index >= 15 is 0 Å². The minimum atomic E-state index is -0.214. The molecule has 0 spiro atoms. The van der Waals surface area contributed by atoms with Crippen molar-refractivity contribution in [1.29, 1.82) is 5.26 Å². The summed E-state index contributed by atoms with van der Waals surface area (Å²) in [5, 5.41) is 11.6. The van der Waals surface area contributed by atoms with E-state index < -0.39 is 0 Å². The van der Waals surface area contributed by atoms with E-state index in [2.05, 4.69) is 21.2 Å². The van der Waals surface area contributed by atoms with Gasteiger partial charge in [-0.15, -0.1) is 0 Å². The van der Waals surface area contributed by atoms with Crippen LogP contribution in [0.1, 0.15) is 22.3 Å². The van der Waals surface area contributed by atoms with Gasteiger partial charge in [-0.2, -0.15) is 5.26 Å². The Morgan fingerprint density at radius 1 is 1.09 bits per heavy atom. The summed E-state index contributed by atoms with van der Waals surface area (Å²) >= 11 is 0. The fourth-order valence-electron chi connectivity index (χ4n) is 4.83. The largest absolute Gasteiger partial charge is 0.494 e. The number of carbonyl (C=O) groups is 2. The van der Waals surface area contributed by atoms with Crippen molar-refractivity contribution in [3.8, 4) is 17.6 Å². The molecule has 9 heteroatoms. The van der Waals surface area contributed by atoms with Crippen molar-refractivity contribution < 1.29 is 23.8 Å². The number of anilines is 1. The molecular weight excluding hydrogens is 448 g/mol. The van der Waals surface area contributed by atoms with Crippen LogP contribution in [0.4, 0.5) is 5.69 Å². The fraction of sp³-hybridized carbons (Fsp3) is 0.423. The Hall–Kier alpha value is -3.45. The van der Waals surface area contributed by atoms with Gasteiger partial charge in [-0.05, 0) is 48.9 Å². The zero-order valence-electron chi connectivity index (χ0n) is 19.4. The second-order valence-electron chi connectivity index (χ2n) is 9.14. The second kappa shape index (κ2) is 10.4. The molecule has 9 nitrogen and oxygen atoms in total. The highest BCUT2D eigenvalue weighted by atomic mass is 16.5. The molecule has 3 aliphatic heterocycles. The van der Waals surface area contributed by atoms with Gasteiger partial charge in [0, 0.05) is 38.3 Å². The van der Waals surface area contributed by atoms with E-state index in [9.17, 15) is 9.59 Å².